The molecule has 0 atom stereocenters. The van der Waals surface area contributed by atoms with Gasteiger partial charge in [-0.3, -0.25) is 14.3 Å². The number of carbonyl (C=O) groups is 1. The molecule has 0 aliphatic heterocycles. The van der Waals surface area contributed by atoms with Crippen LogP contribution >= 0.6 is 23.2 Å². The summed E-state index contributed by atoms with van der Waals surface area (Å²) >= 11 is 13.3. The Morgan fingerprint density at radius 3 is 2.33 bits per heavy atom. The first-order valence-electron chi connectivity index (χ1n) is 13.5. The van der Waals surface area contributed by atoms with Crippen LogP contribution in [0, 0.1) is 5.41 Å². The number of likely N-dealkylation sites (N-methyl/N-ethyl adjacent to an activating group) is 2. The van der Waals surface area contributed by atoms with Gasteiger partial charge >= 0.3 is 0 Å². The number of amides is 1. The highest BCUT2D eigenvalue weighted by molar-refractivity contribution is 6.35. The van der Waals surface area contributed by atoms with Crippen molar-refractivity contribution in [1.29, 1.82) is 5.41 Å². The molecule has 2 aromatic carbocycles. The number of carbonyl (C=O) groups excluding carboxylic acids is 1. The third-order valence-corrected chi connectivity index (χ3v) is 7.96. The van der Waals surface area contributed by atoms with Crippen molar-refractivity contribution in [3.05, 3.63) is 88.1 Å². The minimum Gasteiger partial charge on any atom is -0.374 e. The maximum atomic E-state index is 12.8. The van der Waals surface area contributed by atoms with Gasteiger partial charge in [0.2, 0.25) is 5.91 Å². The number of allylic oxidation sites excluding steroid dienone is 2. The van der Waals surface area contributed by atoms with Crippen molar-refractivity contribution in [2.45, 2.75) is 39.2 Å². The standard InChI is InChI=1S/C32H37Cl2N5O/c1-6-21(2)20-27(35)30-29(22-9-11-23(33)12-10-22)31(34)39(32(30)36-3)26-17-15-25(16-18-26)38(5)28(40)8-7-19-37(4)24-13-14-24/h7-12,15-18,20,24,35-36H,6,13-14,19H2,1-5H3/b8-7?,21-20+,35-27?. The zero-order valence-corrected chi connectivity index (χ0v) is 25.3. The molecule has 2 N–H and O–H groups in total. The Labute approximate surface area is 247 Å². The van der Waals surface area contributed by atoms with E-state index in [1.807, 2.05) is 79.2 Å². The fourth-order valence-electron chi connectivity index (χ4n) is 4.63. The van der Waals surface area contributed by atoms with Crippen LogP contribution < -0.4 is 10.2 Å². The van der Waals surface area contributed by atoms with Gasteiger partial charge in [-0.1, -0.05) is 53.9 Å². The number of aromatic nitrogens is 1. The van der Waals surface area contributed by atoms with E-state index in [9.17, 15) is 4.79 Å². The fraction of sp³-hybridized carbons (Fsp3) is 0.312. The van der Waals surface area contributed by atoms with Gasteiger partial charge in [-0.05, 0) is 81.3 Å². The minimum atomic E-state index is -0.0781. The van der Waals surface area contributed by atoms with Gasteiger partial charge in [-0.15, -0.1) is 0 Å². The average Bonchev–Trinajstić information content (AvgIpc) is 3.76. The van der Waals surface area contributed by atoms with Crippen molar-refractivity contribution in [3.8, 4) is 16.8 Å². The van der Waals surface area contributed by atoms with Crippen molar-refractivity contribution in [2.24, 2.45) is 0 Å². The van der Waals surface area contributed by atoms with Gasteiger partial charge in [0.1, 0.15) is 11.0 Å². The third-order valence-electron chi connectivity index (χ3n) is 7.35. The molecule has 0 unspecified atom stereocenters. The van der Waals surface area contributed by atoms with E-state index in [1.165, 1.54) is 12.8 Å². The van der Waals surface area contributed by atoms with Gasteiger partial charge in [0, 0.05) is 54.7 Å². The molecule has 1 amide bonds. The van der Waals surface area contributed by atoms with Crippen LogP contribution in [0.2, 0.25) is 10.2 Å². The first-order chi connectivity index (χ1) is 19.2. The quantitative estimate of drug-likeness (QED) is 0.180. The van der Waals surface area contributed by atoms with Crippen molar-refractivity contribution in [1.82, 2.24) is 9.47 Å². The molecule has 1 aromatic heterocycles. The van der Waals surface area contributed by atoms with Crippen molar-refractivity contribution in [3.63, 3.8) is 0 Å². The molecule has 0 radical (unpaired) electrons. The van der Waals surface area contributed by atoms with Crippen LogP contribution in [0.4, 0.5) is 11.5 Å². The number of nitrogens with zero attached hydrogens (tertiary/aromatic N) is 3. The molecule has 4 rings (SSSR count). The lowest BCUT2D eigenvalue weighted by Gasteiger charge is -2.17. The normalized spacial score (nSPS) is 13.8. The summed E-state index contributed by atoms with van der Waals surface area (Å²) < 4.78 is 1.91. The van der Waals surface area contributed by atoms with E-state index in [-0.39, 0.29) is 5.91 Å². The second-order valence-electron chi connectivity index (χ2n) is 10.2. The molecule has 40 heavy (non-hydrogen) atoms. The van der Waals surface area contributed by atoms with Crippen LogP contribution in [0.3, 0.4) is 0 Å². The van der Waals surface area contributed by atoms with Crippen molar-refractivity contribution < 1.29 is 4.79 Å². The first kappa shape index (κ1) is 29.7. The second-order valence-corrected chi connectivity index (χ2v) is 11.0. The Morgan fingerprint density at radius 2 is 1.75 bits per heavy atom. The summed E-state index contributed by atoms with van der Waals surface area (Å²) in [5.41, 5.74) is 5.39. The number of nitrogens with one attached hydrogen (secondary N) is 2. The molecule has 6 nitrogen and oxygen atoms in total. The highest BCUT2D eigenvalue weighted by Crippen LogP contribution is 2.42. The van der Waals surface area contributed by atoms with E-state index >= 15 is 0 Å². The Balaban J connectivity index is 1.69. The molecule has 1 fully saturated rings. The van der Waals surface area contributed by atoms with E-state index in [0.717, 1.165) is 41.0 Å². The van der Waals surface area contributed by atoms with Gasteiger partial charge in [0.15, 0.2) is 0 Å². The number of halogens is 2. The summed E-state index contributed by atoms with van der Waals surface area (Å²) in [7, 11) is 5.69. The smallest absolute Gasteiger partial charge is 0.250 e. The summed E-state index contributed by atoms with van der Waals surface area (Å²) in [4.78, 5) is 16.7. The number of hydrogen-bond donors (Lipinski definition) is 2. The van der Waals surface area contributed by atoms with E-state index < -0.39 is 0 Å². The maximum Gasteiger partial charge on any atom is 0.250 e. The number of hydrogen-bond acceptors (Lipinski definition) is 4. The summed E-state index contributed by atoms with van der Waals surface area (Å²) in [5, 5.41) is 13.4. The van der Waals surface area contributed by atoms with Gasteiger partial charge < -0.3 is 15.6 Å². The predicted molar refractivity (Wildman–Crippen MR) is 170 cm³/mol. The van der Waals surface area contributed by atoms with Gasteiger partial charge in [-0.25, -0.2) is 0 Å². The lowest BCUT2D eigenvalue weighted by Crippen LogP contribution is -2.25. The van der Waals surface area contributed by atoms with Crippen LogP contribution in [0.1, 0.15) is 38.7 Å². The number of benzene rings is 2. The molecular formula is C32H37Cl2N5O. The third kappa shape index (κ3) is 6.52. The zero-order chi connectivity index (χ0) is 29.0. The lowest BCUT2D eigenvalue weighted by molar-refractivity contribution is -0.113. The molecule has 0 saturated heterocycles. The molecule has 1 aliphatic carbocycles. The fourth-order valence-corrected chi connectivity index (χ4v) is 5.15. The van der Waals surface area contributed by atoms with Crippen molar-refractivity contribution >= 4 is 46.3 Å². The van der Waals surface area contributed by atoms with Crippen molar-refractivity contribution in [2.75, 3.05) is 37.9 Å². The molecule has 3 aromatic rings. The highest BCUT2D eigenvalue weighted by Gasteiger charge is 2.26. The molecule has 210 valence electrons. The van der Waals surface area contributed by atoms with Gasteiger partial charge in [-0.2, -0.15) is 0 Å². The molecule has 0 spiro atoms. The molecule has 1 heterocycles. The topological polar surface area (TPSA) is 64.4 Å². The van der Waals surface area contributed by atoms with Crippen LogP contribution in [0.15, 0.2) is 72.3 Å². The van der Waals surface area contributed by atoms with Crippen LogP contribution in [0.25, 0.3) is 16.8 Å². The molecular weight excluding hydrogens is 541 g/mol. The van der Waals surface area contributed by atoms with E-state index in [4.69, 9.17) is 28.6 Å². The lowest BCUT2D eigenvalue weighted by atomic mass is 9.99. The van der Waals surface area contributed by atoms with E-state index in [1.54, 1.807) is 18.0 Å². The predicted octanol–water partition coefficient (Wildman–Crippen LogP) is 7.83. The van der Waals surface area contributed by atoms with Gasteiger partial charge in [0.05, 0.1) is 11.3 Å². The Morgan fingerprint density at radius 1 is 1.10 bits per heavy atom. The summed E-state index contributed by atoms with van der Waals surface area (Å²) in [6.45, 7) is 4.86. The second kappa shape index (κ2) is 12.9. The Kier molecular flexibility index (Phi) is 9.56. The average molecular weight is 579 g/mol. The van der Waals surface area contributed by atoms with Crippen LogP contribution in [0.5, 0.6) is 0 Å². The Hall–Kier alpha value is -3.32. The highest BCUT2D eigenvalue weighted by atomic mass is 35.5. The maximum absolute atomic E-state index is 12.8. The largest absolute Gasteiger partial charge is 0.374 e. The molecule has 0 bridgehead atoms. The summed E-state index contributed by atoms with van der Waals surface area (Å²) in [6.07, 6.45) is 8.77. The van der Waals surface area contributed by atoms with E-state index in [0.29, 0.717) is 33.3 Å². The van der Waals surface area contributed by atoms with E-state index in [2.05, 4.69) is 24.2 Å². The number of anilines is 2. The minimum absolute atomic E-state index is 0.0781. The van der Waals surface area contributed by atoms with Crippen LogP contribution in [-0.2, 0) is 4.79 Å². The first-order valence-corrected chi connectivity index (χ1v) is 14.3. The van der Waals surface area contributed by atoms with Gasteiger partial charge in [0.25, 0.3) is 0 Å². The summed E-state index contributed by atoms with van der Waals surface area (Å²) in [5.74, 6) is 0.630. The SMILES string of the molecule is CC/C(C)=C/C(=N)c1c(-c2ccc(Cl)cc2)c(Cl)n(-c2ccc(N(C)C(=O)C=CCN(C)C3CC3)cc2)c1NC. The summed E-state index contributed by atoms with van der Waals surface area (Å²) in [6, 6.07) is 15.8. The monoisotopic (exact) mass is 577 g/mol. The zero-order valence-electron chi connectivity index (χ0n) is 23.8. The number of rotatable bonds is 11. The van der Waals surface area contributed by atoms with Crippen LogP contribution in [-0.4, -0.2) is 54.8 Å². The Bertz CT molecular complexity index is 1430. The molecule has 8 heteroatoms. The molecule has 1 saturated carbocycles. The molecule has 1 aliphatic rings.